The Bertz CT molecular complexity index is 1320. The van der Waals surface area contributed by atoms with Gasteiger partial charge in [0.25, 0.3) is 5.91 Å². The van der Waals surface area contributed by atoms with Gasteiger partial charge in [0, 0.05) is 37.3 Å². The van der Waals surface area contributed by atoms with E-state index in [1.54, 1.807) is 30.0 Å². The maximum Gasteiger partial charge on any atom is 0.254 e. The highest BCUT2D eigenvalue weighted by atomic mass is 16.7. The Morgan fingerprint density at radius 3 is 2.55 bits per heavy atom. The zero-order valence-corrected chi connectivity index (χ0v) is 23.0. The van der Waals surface area contributed by atoms with Crippen molar-refractivity contribution in [2.24, 2.45) is 0 Å². The average Bonchev–Trinajstić information content (AvgIpc) is 3.50. The van der Waals surface area contributed by atoms with E-state index in [2.05, 4.69) is 32.2 Å². The normalized spacial score (nSPS) is 12.5. The Morgan fingerprint density at radius 2 is 1.84 bits per heavy atom. The van der Waals surface area contributed by atoms with Crippen molar-refractivity contribution >= 4 is 17.6 Å². The molecule has 0 bridgehead atoms. The Hall–Kier alpha value is -3.85. The van der Waals surface area contributed by atoms with Crippen LogP contribution in [0.2, 0.25) is 0 Å². The van der Waals surface area contributed by atoms with Crippen molar-refractivity contribution in [3.8, 4) is 17.2 Å². The van der Waals surface area contributed by atoms with Gasteiger partial charge < -0.3 is 24.4 Å². The van der Waals surface area contributed by atoms with Crippen LogP contribution in [0.3, 0.4) is 0 Å². The van der Waals surface area contributed by atoms with Crippen LogP contribution in [0.5, 0.6) is 11.5 Å². The second-order valence-corrected chi connectivity index (χ2v) is 10.6. The lowest BCUT2D eigenvalue weighted by molar-refractivity contribution is -0.117. The highest BCUT2D eigenvalue weighted by molar-refractivity contribution is 5.99. The number of aryl methyl sites for hydroxylation is 2. The second-order valence-electron chi connectivity index (χ2n) is 10.6. The van der Waals surface area contributed by atoms with Crippen LogP contribution in [-0.4, -0.2) is 60.1 Å². The van der Waals surface area contributed by atoms with E-state index in [1.807, 2.05) is 32.0 Å². The van der Waals surface area contributed by atoms with Gasteiger partial charge in [0.2, 0.25) is 12.7 Å². The molecule has 1 aliphatic rings. The molecule has 202 valence electrons. The third kappa shape index (κ3) is 6.16. The number of amides is 2. The number of aromatic nitrogens is 2. The molecule has 0 saturated heterocycles. The van der Waals surface area contributed by atoms with Crippen molar-refractivity contribution in [3.63, 3.8) is 0 Å². The minimum Gasteiger partial charge on any atom is -0.454 e. The first kappa shape index (κ1) is 27.2. The zero-order valence-electron chi connectivity index (χ0n) is 23.0. The minimum atomic E-state index is -0.317. The lowest BCUT2D eigenvalue weighted by atomic mass is 9.92. The largest absolute Gasteiger partial charge is 0.454 e. The molecule has 1 N–H and O–H groups in total. The van der Waals surface area contributed by atoms with Crippen LogP contribution in [0, 0.1) is 13.8 Å². The number of carbonyl (C=O) groups is 2. The minimum absolute atomic E-state index is 0.123. The third-order valence-corrected chi connectivity index (χ3v) is 6.34. The molecule has 0 unspecified atom stereocenters. The van der Waals surface area contributed by atoms with E-state index in [0.717, 1.165) is 22.5 Å². The number of methoxy groups -OCH3 is 1. The topological polar surface area (TPSA) is 94.9 Å². The molecule has 0 atom stereocenters. The average molecular weight is 521 g/mol. The molecule has 0 saturated carbocycles. The van der Waals surface area contributed by atoms with Gasteiger partial charge in [-0.2, -0.15) is 5.10 Å². The van der Waals surface area contributed by atoms with Gasteiger partial charge in [-0.05, 0) is 50.1 Å². The Balaban J connectivity index is 1.58. The van der Waals surface area contributed by atoms with Crippen LogP contribution in [0.1, 0.15) is 54.4 Å². The summed E-state index contributed by atoms with van der Waals surface area (Å²) < 4.78 is 17.7. The van der Waals surface area contributed by atoms with E-state index < -0.39 is 0 Å². The summed E-state index contributed by atoms with van der Waals surface area (Å²) in [6.45, 7) is 11.1. The summed E-state index contributed by atoms with van der Waals surface area (Å²) in [5, 5.41) is 7.83. The van der Waals surface area contributed by atoms with Gasteiger partial charge in [0.05, 0.1) is 11.4 Å². The molecule has 2 heterocycles. The SMILES string of the molecule is COCCCN(CC(=O)Nc1cc(C(C)(C)C)nn1-c1ccc(C)cc1C)C(=O)c1ccc2c(c1)OCO2. The van der Waals surface area contributed by atoms with Crippen molar-refractivity contribution in [2.45, 2.75) is 46.5 Å². The molecular formula is C29H36N4O5. The number of fused-ring (bicyclic) bond motifs is 1. The molecule has 2 amide bonds. The Kier molecular flexibility index (Phi) is 8.06. The maximum atomic E-state index is 13.4. The van der Waals surface area contributed by atoms with Crippen LogP contribution >= 0.6 is 0 Å². The standard InChI is InChI=1S/C29H36N4O5/c1-19-8-10-22(20(2)14-19)33-26(16-25(31-33)29(3,4)5)30-27(34)17-32(12-7-13-36-6)28(35)21-9-11-23-24(15-21)38-18-37-23/h8-11,14-16H,7,12-13,17-18H2,1-6H3,(H,30,34). The number of hydrogen-bond donors (Lipinski definition) is 1. The van der Waals surface area contributed by atoms with Crippen LogP contribution in [-0.2, 0) is 14.9 Å². The summed E-state index contributed by atoms with van der Waals surface area (Å²) in [4.78, 5) is 28.3. The van der Waals surface area contributed by atoms with Crippen molar-refractivity contribution < 1.29 is 23.8 Å². The van der Waals surface area contributed by atoms with E-state index in [4.69, 9.17) is 19.3 Å². The smallest absolute Gasteiger partial charge is 0.254 e. The fourth-order valence-corrected chi connectivity index (χ4v) is 4.28. The van der Waals surface area contributed by atoms with Gasteiger partial charge in [-0.3, -0.25) is 9.59 Å². The van der Waals surface area contributed by atoms with E-state index in [1.165, 1.54) is 4.90 Å². The van der Waals surface area contributed by atoms with Gasteiger partial charge >= 0.3 is 0 Å². The number of nitrogens with one attached hydrogen (secondary N) is 1. The summed E-state index contributed by atoms with van der Waals surface area (Å²) in [6, 6.07) is 13.0. The number of hydrogen-bond acceptors (Lipinski definition) is 6. The van der Waals surface area contributed by atoms with E-state index in [0.29, 0.717) is 42.5 Å². The predicted molar refractivity (Wildman–Crippen MR) is 145 cm³/mol. The Morgan fingerprint density at radius 1 is 1.08 bits per heavy atom. The first-order valence-electron chi connectivity index (χ1n) is 12.7. The molecule has 38 heavy (non-hydrogen) atoms. The molecule has 0 fully saturated rings. The van der Waals surface area contributed by atoms with Crippen LogP contribution < -0.4 is 14.8 Å². The van der Waals surface area contributed by atoms with Gasteiger partial charge in [-0.15, -0.1) is 0 Å². The lowest BCUT2D eigenvalue weighted by Crippen LogP contribution is -2.39. The molecule has 4 rings (SSSR count). The van der Waals surface area contributed by atoms with Crippen LogP contribution in [0.15, 0.2) is 42.5 Å². The molecule has 0 radical (unpaired) electrons. The lowest BCUT2D eigenvalue weighted by Gasteiger charge is -2.22. The van der Waals surface area contributed by atoms with E-state index >= 15 is 0 Å². The number of anilines is 1. The third-order valence-electron chi connectivity index (χ3n) is 6.34. The van der Waals surface area contributed by atoms with E-state index in [-0.39, 0.29) is 30.6 Å². The predicted octanol–water partition coefficient (Wildman–Crippen LogP) is 4.63. The molecule has 0 aliphatic carbocycles. The molecule has 1 aliphatic heterocycles. The van der Waals surface area contributed by atoms with Crippen molar-refractivity contribution in [1.29, 1.82) is 0 Å². The number of carbonyl (C=O) groups excluding carboxylic acids is 2. The van der Waals surface area contributed by atoms with Gasteiger partial charge in [-0.25, -0.2) is 4.68 Å². The highest BCUT2D eigenvalue weighted by Gasteiger charge is 2.25. The van der Waals surface area contributed by atoms with Crippen molar-refractivity contribution in [2.75, 3.05) is 38.9 Å². The number of rotatable bonds is 9. The number of nitrogens with zero attached hydrogens (tertiary/aromatic N) is 3. The van der Waals surface area contributed by atoms with Crippen molar-refractivity contribution in [3.05, 3.63) is 64.8 Å². The summed E-state index contributed by atoms with van der Waals surface area (Å²) in [5.41, 5.74) is 4.13. The first-order valence-corrected chi connectivity index (χ1v) is 12.7. The molecule has 3 aromatic rings. The van der Waals surface area contributed by atoms with Gasteiger partial charge in [-0.1, -0.05) is 38.5 Å². The molecule has 9 heteroatoms. The molecule has 0 spiro atoms. The fraction of sp³-hybridized carbons (Fsp3) is 0.414. The summed E-state index contributed by atoms with van der Waals surface area (Å²) in [5.74, 6) is 1.08. The molecule has 9 nitrogen and oxygen atoms in total. The summed E-state index contributed by atoms with van der Waals surface area (Å²) in [7, 11) is 1.61. The monoisotopic (exact) mass is 520 g/mol. The number of ether oxygens (including phenoxy) is 3. The zero-order chi connectivity index (χ0) is 27.4. The van der Waals surface area contributed by atoms with E-state index in [9.17, 15) is 9.59 Å². The quantitative estimate of drug-likeness (QED) is 0.414. The maximum absolute atomic E-state index is 13.4. The van der Waals surface area contributed by atoms with Gasteiger partial charge in [0.15, 0.2) is 11.5 Å². The van der Waals surface area contributed by atoms with Crippen molar-refractivity contribution in [1.82, 2.24) is 14.7 Å². The first-order chi connectivity index (χ1) is 18.1. The highest BCUT2D eigenvalue weighted by Crippen LogP contribution is 2.33. The fourth-order valence-electron chi connectivity index (χ4n) is 4.28. The van der Waals surface area contributed by atoms with Crippen LogP contribution in [0.25, 0.3) is 5.69 Å². The molecule has 2 aromatic carbocycles. The summed E-state index contributed by atoms with van der Waals surface area (Å²) in [6.07, 6.45) is 0.592. The van der Waals surface area contributed by atoms with Crippen LogP contribution in [0.4, 0.5) is 5.82 Å². The van der Waals surface area contributed by atoms with Gasteiger partial charge in [0.1, 0.15) is 12.4 Å². The Labute approximate surface area is 223 Å². The summed E-state index contributed by atoms with van der Waals surface area (Å²) >= 11 is 0. The second kappa shape index (κ2) is 11.3. The molecule has 1 aromatic heterocycles. The number of benzene rings is 2. The molecular weight excluding hydrogens is 484 g/mol.